The van der Waals surface area contributed by atoms with Gasteiger partial charge in [-0.05, 0) is 25.0 Å². The highest BCUT2D eigenvalue weighted by atomic mass is 16.2. The maximum Gasteiger partial charge on any atom is 0.222 e. The van der Waals surface area contributed by atoms with E-state index < -0.39 is 0 Å². The first-order chi connectivity index (χ1) is 9.76. The van der Waals surface area contributed by atoms with Gasteiger partial charge in [-0.15, -0.1) is 0 Å². The maximum atomic E-state index is 11.5. The SMILES string of the molecule is N#Cc1cccc(C#N)c1NCCCN1CCCC1=O. The van der Waals surface area contributed by atoms with Crippen molar-refractivity contribution in [3.05, 3.63) is 29.3 Å². The van der Waals surface area contributed by atoms with Gasteiger partial charge in [-0.1, -0.05) is 6.07 Å². The van der Waals surface area contributed by atoms with Crippen molar-refractivity contribution < 1.29 is 4.79 Å². The zero-order valence-corrected chi connectivity index (χ0v) is 11.2. The number of rotatable bonds is 5. The predicted octanol–water partition coefficient (Wildman–Crippen LogP) is 1.85. The molecule has 1 aromatic carbocycles. The highest BCUT2D eigenvalue weighted by Crippen LogP contribution is 2.19. The van der Waals surface area contributed by atoms with E-state index in [2.05, 4.69) is 17.5 Å². The van der Waals surface area contributed by atoms with Gasteiger partial charge in [-0.2, -0.15) is 10.5 Å². The summed E-state index contributed by atoms with van der Waals surface area (Å²) >= 11 is 0. The van der Waals surface area contributed by atoms with Crippen molar-refractivity contribution >= 4 is 11.6 Å². The summed E-state index contributed by atoms with van der Waals surface area (Å²) in [5.74, 6) is 0.222. The number of nitrogens with one attached hydrogen (secondary N) is 1. The minimum atomic E-state index is 0.222. The van der Waals surface area contributed by atoms with Crippen molar-refractivity contribution in [2.45, 2.75) is 19.3 Å². The number of nitriles is 2. The number of hydrogen-bond acceptors (Lipinski definition) is 4. The van der Waals surface area contributed by atoms with E-state index in [4.69, 9.17) is 10.5 Å². The number of anilines is 1. The molecule has 5 heteroatoms. The molecule has 0 bridgehead atoms. The van der Waals surface area contributed by atoms with E-state index in [0.717, 1.165) is 25.9 Å². The quantitative estimate of drug-likeness (QED) is 0.826. The number of nitrogens with zero attached hydrogens (tertiary/aromatic N) is 3. The second kappa shape index (κ2) is 6.58. The Hall–Kier alpha value is -2.53. The third kappa shape index (κ3) is 3.07. The van der Waals surface area contributed by atoms with E-state index in [1.54, 1.807) is 18.2 Å². The third-order valence-electron chi connectivity index (χ3n) is 3.38. The highest BCUT2D eigenvalue weighted by Gasteiger charge is 2.19. The zero-order valence-electron chi connectivity index (χ0n) is 11.2. The molecule has 1 aliphatic rings. The first-order valence-electron chi connectivity index (χ1n) is 6.71. The number of para-hydroxylation sites is 1. The van der Waals surface area contributed by atoms with Crippen molar-refractivity contribution in [1.82, 2.24) is 4.90 Å². The predicted molar refractivity (Wildman–Crippen MR) is 74.8 cm³/mol. The van der Waals surface area contributed by atoms with Gasteiger partial charge in [0.2, 0.25) is 5.91 Å². The summed E-state index contributed by atoms with van der Waals surface area (Å²) < 4.78 is 0. The van der Waals surface area contributed by atoms with Gasteiger partial charge in [-0.25, -0.2) is 0 Å². The van der Waals surface area contributed by atoms with E-state index in [0.29, 0.717) is 29.8 Å². The van der Waals surface area contributed by atoms with Crippen LogP contribution in [0.1, 0.15) is 30.4 Å². The van der Waals surface area contributed by atoms with Gasteiger partial charge in [0, 0.05) is 26.1 Å². The summed E-state index contributed by atoms with van der Waals surface area (Å²) in [7, 11) is 0. The Bertz CT molecular complexity index is 550. The van der Waals surface area contributed by atoms with E-state index in [-0.39, 0.29) is 5.91 Å². The van der Waals surface area contributed by atoms with Crippen LogP contribution < -0.4 is 5.32 Å². The lowest BCUT2D eigenvalue weighted by Gasteiger charge is -2.16. The molecule has 5 nitrogen and oxygen atoms in total. The van der Waals surface area contributed by atoms with Crippen LogP contribution in [0.5, 0.6) is 0 Å². The van der Waals surface area contributed by atoms with Crippen LogP contribution in [0.15, 0.2) is 18.2 Å². The number of hydrogen-bond donors (Lipinski definition) is 1. The Labute approximate surface area is 118 Å². The minimum Gasteiger partial charge on any atom is -0.383 e. The van der Waals surface area contributed by atoms with Crippen molar-refractivity contribution in [2.75, 3.05) is 25.0 Å². The van der Waals surface area contributed by atoms with Crippen LogP contribution in [0.2, 0.25) is 0 Å². The van der Waals surface area contributed by atoms with Crippen molar-refractivity contribution in [1.29, 1.82) is 10.5 Å². The molecule has 0 aliphatic carbocycles. The second-order valence-corrected chi connectivity index (χ2v) is 4.72. The molecule has 2 rings (SSSR count). The zero-order chi connectivity index (χ0) is 14.4. The minimum absolute atomic E-state index is 0.222. The lowest BCUT2D eigenvalue weighted by atomic mass is 10.1. The standard InChI is InChI=1S/C15H16N4O/c16-10-12-4-1-5-13(11-17)15(12)18-7-3-9-19-8-2-6-14(19)20/h1,4-5,18H,2-3,6-9H2. The summed E-state index contributed by atoms with van der Waals surface area (Å²) in [5.41, 5.74) is 1.54. The molecule has 1 heterocycles. The lowest BCUT2D eigenvalue weighted by molar-refractivity contribution is -0.127. The van der Waals surface area contributed by atoms with Crippen LogP contribution in [0.4, 0.5) is 5.69 Å². The molecular formula is C15H16N4O. The molecule has 1 N–H and O–H groups in total. The Balaban J connectivity index is 1.90. The molecule has 1 aromatic rings. The van der Waals surface area contributed by atoms with Gasteiger partial charge in [0.05, 0.1) is 16.8 Å². The van der Waals surface area contributed by atoms with Gasteiger partial charge in [0.25, 0.3) is 0 Å². The van der Waals surface area contributed by atoms with Crippen LogP contribution in [0.3, 0.4) is 0 Å². The average molecular weight is 268 g/mol. The first kappa shape index (κ1) is 13.9. The molecule has 0 spiro atoms. The summed E-state index contributed by atoms with van der Waals surface area (Å²) in [4.78, 5) is 13.3. The number of amides is 1. The number of carbonyl (C=O) groups is 1. The Morgan fingerprint density at radius 2 is 1.95 bits per heavy atom. The molecule has 1 aliphatic heterocycles. The maximum absolute atomic E-state index is 11.5. The van der Waals surface area contributed by atoms with Gasteiger partial charge in [0.15, 0.2) is 0 Å². The van der Waals surface area contributed by atoms with Crippen LogP contribution in [0, 0.1) is 22.7 Å². The van der Waals surface area contributed by atoms with Gasteiger partial charge in [0.1, 0.15) is 12.1 Å². The fourth-order valence-electron chi connectivity index (χ4n) is 2.35. The van der Waals surface area contributed by atoms with E-state index in [9.17, 15) is 4.79 Å². The van der Waals surface area contributed by atoms with Gasteiger partial charge >= 0.3 is 0 Å². The van der Waals surface area contributed by atoms with Crippen molar-refractivity contribution in [2.24, 2.45) is 0 Å². The first-order valence-corrected chi connectivity index (χ1v) is 6.71. The molecule has 102 valence electrons. The molecule has 1 amide bonds. The summed E-state index contributed by atoms with van der Waals surface area (Å²) in [6.45, 7) is 2.21. The lowest BCUT2D eigenvalue weighted by Crippen LogP contribution is -2.27. The van der Waals surface area contributed by atoms with E-state index in [1.165, 1.54) is 0 Å². The number of likely N-dealkylation sites (tertiary alicyclic amines) is 1. The summed E-state index contributed by atoms with van der Waals surface area (Å²) in [6.07, 6.45) is 2.40. The molecule has 0 radical (unpaired) electrons. The molecular weight excluding hydrogens is 252 g/mol. The Morgan fingerprint density at radius 1 is 1.25 bits per heavy atom. The largest absolute Gasteiger partial charge is 0.383 e. The fourth-order valence-corrected chi connectivity index (χ4v) is 2.35. The Morgan fingerprint density at radius 3 is 2.50 bits per heavy atom. The molecule has 1 fully saturated rings. The van der Waals surface area contributed by atoms with Gasteiger partial charge < -0.3 is 10.2 Å². The van der Waals surface area contributed by atoms with Crippen LogP contribution in [-0.4, -0.2) is 30.4 Å². The fraction of sp³-hybridized carbons (Fsp3) is 0.400. The van der Waals surface area contributed by atoms with Gasteiger partial charge in [-0.3, -0.25) is 4.79 Å². The molecule has 0 saturated carbocycles. The smallest absolute Gasteiger partial charge is 0.222 e. The summed E-state index contributed by atoms with van der Waals surface area (Å²) in [5, 5.41) is 21.2. The van der Waals surface area contributed by atoms with E-state index in [1.807, 2.05) is 4.90 Å². The molecule has 0 aromatic heterocycles. The number of benzene rings is 1. The third-order valence-corrected chi connectivity index (χ3v) is 3.38. The average Bonchev–Trinajstić information content (AvgIpc) is 2.88. The summed E-state index contributed by atoms with van der Waals surface area (Å²) in [6, 6.07) is 9.24. The van der Waals surface area contributed by atoms with Crippen LogP contribution in [0.25, 0.3) is 0 Å². The Kier molecular flexibility index (Phi) is 4.57. The normalized spacial score (nSPS) is 13.9. The van der Waals surface area contributed by atoms with Crippen molar-refractivity contribution in [3.63, 3.8) is 0 Å². The van der Waals surface area contributed by atoms with Crippen LogP contribution in [-0.2, 0) is 4.79 Å². The molecule has 0 unspecified atom stereocenters. The monoisotopic (exact) mass is 268 g/mol. The number of carbonyl (C=O) groups excluding carboxylic acids is 1. The van der Waals surface area contributed by atoms with Crippen LogP contribution >= 0.6 is 0 Å². The second-order valence-electron chi connectivity index (χ2n) is 4.72. The van der Waals surface area contributed by atoms with Crippen molar-refractivity contribution in [3.8, 4) is 12.1 Å². The molecule has 20 heavy (non-hydrogen) atoms. The highest BCUT2D eigenvalue weighted by molar-refractivity contribution is 5.78. The topological polar surface area (TPSA) is 79.9 Å². The molecule has 1 saturated heterocycles. The molecule has 0 atom stereocenters. The van der Waals surface area contributed by atoms with E-state index >= 15 is 0 Å².